The summed E-state index contributed by atoms with van der Waals surface area (Å²) in [4.78, 5) is 36.8. The lowest BCUT2D eigenvalue weighted by atomic mass is 10.0. The van der Waals surface area contributed by atoms with Crippen molar-refractivity contribution in [1.29, 1.82) is 0 Å². The molecule has 0 saturated carbocycles. The van der Waals surface area contributed by atoms with E-state index in [0.29, 0.717) is 31.5 Å². The minimum Gasteiger partial charge on any atom is -0.478 e. The van der Waals surface area contributed by atoms with Crippen LogP contribution >= 0.6 is 11.3 Å². The van der Waals surface area contributed by atoms with Crippen molar-refractivity contribution in [3.05, 3.63) is 46.0 Å². The van der Waals surface area contributed by atoms with E-state index in [1.807, 2.05) is 5.38 Å². The number of carbonyl (C=O) groups excluding carboxylic acids is 2. The van der Waals surface area contributed by atoms with Gasteiger partial charge in [0.25, 0.3) is 11.8 Å². The summed E-state index contributed by atoms with van der Waals surface area (Å²) in [6.07, 6.45) is 2.35. The molecule has 3 heterocycles. The highest BCUT2D eigenvalue weighted by atomic mass is 32.1. The number of likely N-dealkylation sites (tertiary alicyclic amines) is 1. The zero-order valence-corrected chi connectivity index (χ0v) is 13.5. The van der Waals surface area contributed by atoms with Crippen LogP contribution in [0.25, 0.3) is 0 Å². The number of amides is 2. The van der Waals surface area contributed by atoms with Crippen molar-refractivity contribution >= 4 is 29.1 Å². The zero-order valence-electron chi connectivity index (χ0n) is 12.7. The predicted octanol–water partition coefficient (Wildman–Crippen LogP) is 2.07. The van der Waals surface area contributed by atoms with Crippen molar-refractivity contribution in [2.24, 2.45) is 0 Å². The SMILES string of the molecule is O=C(O)c1coc(C(=O)N2CCC(NC(=O)c3ccsc3)CC2)c1. The van der Waals surface area contributed by atoms with Crippen LogP contribution < -0.4 is 5.32 Å². The fourth-order valence-electron chi connectivity index (χ4n) is 2.61. The number of hydrogen-bond acceptors (Lipinski definition) is 5. The maximum Gasteiger partial charge on any atom is 0.338 e. The second-order valence-corrected chi connectivity index (χ2v) is 6.34. The van der Waals surface area contributed by atoms with E-state index < -0.39 is 5.97 Å². The number of carboxylic acids is 1. The highest BCUT2D eigenvalue weighted by Crippen LogP contribution is 2.17. The topological polar surface area (TPSA) is 99.8 Å². The molecule has 2 aromatic rings. The molecule has 1 fully saturated rings. The Hall–Kier alpha value is -2.61. The van der Waals surface area contributed by atoms with E-state index in [9.17, 15) is 14.4 Å². The molecule has 0 spiro atoms. The van der Waals surface area contributed by atoms with Gasteiger partial charge in [0.15, 0.2) is 5.76 Å². The van der Waals surface area contributed by atoms with Gasteiger partial charge in [0.05, 0.1) is 5.56 Å². The summed E-state index contributed by atoms with van der Waals surface area (Å²) in [7, 11) is 0. The van der Waals surface area contributed by atoms with Crippen LogP contribution in [0.5, 0.6) is 0 Å². The lowest BCUT2D eigenvalue weighted by Gasteiger charge is -2.31. The van der Waals surface area contributed by atoms with Crippen molar-refractivity contribution in [3.8, 4) is 0 Å². The number of furan rings is 1. The second kappa shape index (κ2) is 6.88. The molecule has 2 amide bonds. The summed E-state index contributed by atoms with van der Waals surface area (Å²) in [5, 5.41) is 15.5. The Bertz CT molecular complexity index is 744. The smallest absolute Gasteiger partial charge is 0.338 e. The van der Waals surface area contributed by atoms with Crippen LogP contribution in [0.15, 0.2) is 33.6 Å². The molecule has 0 aromatic carbocycles. The molecule has 0 aliphatic carbocycles. The molecule has 8 heteroatoms. The summed E-state index contributed by atoms with van der Waals surface area (Å²) in [5.74, 6) is -1.54. The van der Waals surface area contributed by atoms with Gasteiger partial charge >= 0.3 is 5.97 Å². The fourth-order valence-corrected chi connectivity index (χ4v) is 3.24. The van der Waals surface area contributed by atoms with Gasteiger partial charge in [-0.3, -0.25) is 9.59 Å². The average Bonchev–Trinajstić information content (AvgIpc) is 3.26. The summed E-state index contributed by atoms with van der Waals surface area (Å²) >= 11 is 1.47. The molecule has 0 atom stereocenters. The van der Waals surface area contributed by atoms with E-state index in [1.165, 1.54) is 17.4 Å². The number of aromatic carboxylic acids is 1. The van der Waals surface area contributed by atoms with Gasteiger partial charge in [0.2, 0.25) is 0 Å². The molecule has 2 aromatic heterocycles. The Kier molecular flexibility index (Phi) is 4.66. The zero-order chi connectivity index (χ0) is 17.1. The monoisotopic (exact) mass is 348 g/mol. The third-order valence-corrected chi connectivity index (χ3v) is 4.64. The van der Waals surface area contributed by atoms with Gasteiger partial charge in [0.1, 0.15) is 6.26 Å². The molecule has 1 aliphatic heterocycles. The Morgan fingerprint density at radius 2 is 2.00 bits per heavy atom. The summed E-state index contributed by atoms with van der Waals surface area (Å²) in [6, 6.07) is 3.03. The number of thiophene rings is 1. The Labute approximate surface area is 141 Å². The third-order valence-electron chi connectivity index (χ3n) is 3.96. The molecule has 0 unspecified atom stereocenters. The first-order chi connectivity index (χ1) is 11.5. The number of hydrogen-bond donors (Lipinski definition) is 2. The van der Waals surface area contributed by atoms with E-state index in [1.54, 1.807) is 16.3 Å². The first-order valence-electron chi connectivity index (χ1n) is 7.49. The maximum absolute atomic E-state index is 12.3. The fraction of sp³-hybridized carbons (Fsp3) is 0.312. The maximum atomic E-state index is 12.3. The van der Waals surface area contributed by atoms with Crippen molar-refractivity contribution in [2.75, 3.05) is 13.1 Å². The van der Waals surface area contributed by atoms with Crippen LogP contribution in [0.2, 0.25) is 0 Å². The molecule has 1 aliphatic rings. The van der Waals surface area contributed by atoms with E-state index in [-0.39, 0.29) is 29.2 Å². The molecule has 3 rings (SSSR count). The van der Waals surface area contributed by atoms with Gasteiger partial charge in [-0.2, -0.15) is 11.3 Å². The largest absolute Gasteiger partial charge is 0.478 e. The minimum atomic E-state index is -1.13. The lowest BCUT2D eigenvalue weighted by molar-refractivity contribution is 0.0664. The van der Waals surface area contributed by atoms with E-state index in [4.69, 9.17) is 9.52 Å². The van der Waals surface area contributed by atoms with Crippen molar-refractivity contribution in [2.45, 2.75) is 18.9 Å². The van der Waals surface area contributed by atoms with Gasteiger partial charge in [-0.15, -0.1) is 0 Å². The minimum absolute atomic E-state index is 0.0210. The highest BCUT2D eigenvalue weighted by molar-refractivity contribution is 7.08. The highest BCUT2D eigenvalue weighted by Gasteiger charge is 2.27. The first-order valence-corrected chi connectivity index (χ1v) is 8.43. The lowest BCUT2D eigenvalue weighted by Crippen LogP contribution is -2.46. The molecule has 24 heavy (non-hydrogen) atoms. The van der Waals surface area contributed by atoms with Gasteiger partial charge < -0.3 is 19.7 Å². The average molecular weight is 348 g/mol. The van der Waals surface area contributed by atoms with Crippen molar-refractivity contribution < 1.29 is 23.9 Å². The molecule has 1 saturated heterocycles. The number of nitrogens with one attached hydrogen (secondary N) is 1. The van der Waals surface area contributed by atoms with E-state index in [0.717, 1.165) is 6.26 Å². The predicted molar refractivity (Wildman–Crippen MR) is 86.4 cm³/mol. The van der Waals surface area contributed by atoms with E-state index in [2.05, 4.69) is 5.32 Å². The van der Waals surface area contributed by atoms with Gasteiger partial charge in [-0.25, -0.2) is 4.79 Å². The van der Waals surface area contributed by atoms with Gasteiger partial charge in [0, 0.05) is 36.1 Å². The molecular weight excluding hydrogens is 332 g/mol. The standard InChI is InChI=1S/C16H16N2O5S/c19-14(10-3-6-24-9-10)17-12-1-4-18(5-2-12)15(20)13-7-11(8-23-13)16(21)22/h3,6-9,12H,1-2,4-5H2,(H,17,19)(H,21,22). The third kappa shape index (κ3) is 3.48. The van der Waals surface area contributed by atoms with Crippen LogP contribution in [0, 0.1) is 0 Å². The Morgan fingerprint density at radius 3 is 2.58 bits per heavy atom. The molecule has 2 N–H and O–H groups in total. The van der Waals surface area contributed by atoms with Crippen LogP contribution in [0.3, 0.4) is 0 Å². The molecule has 0 bridgehead atoms. The quantitative estimate of drug-likeness (QED) is 0.881. The molecule has 0 radical (unpaired) electrons. The Morgan fingerprint density at radius 1 is 1.25 bits per heavy atom. The second-order valence-electron chi connectivity index (χ2n) is 5.56. The number of carboxylic acid groups (broad SMARTS) is 1. The number of rotatable bonds is 4. The van der Waals surface area contributed by atoms with Crippen molar-refractivity contribution in [3.63, 3.8) is 0 Å². The van der Waals surface area contributed by atoms with E-state index >= 15 is 0 Å². The van der Waals surface area contributed by atoms with Gasteiger partial charge in [-0.05, 0) is 24.3 Å². The number of piperidine rings is 1. The normalized spacial score (nSPS) is 15.2. The van der Waals surface area contributed by atoms with Crippen LogP contribution in [0.4, 0.5) is 0 Å². The van der Waals surface area contributed by atoms with Crippen LogP contribution in [0.1, 0.15) is 44.1 Å². The first kappa shape index (κ1) is 16.3. The molecule has 126 valence electrons. The summed E-state index contributed by atoms with van der Waals surface area (Å²) in [6.45, 7) is 0.965. The van der Waals surface area contributed by atoms with Crippen LogP contribution in [-0.4, -0.2) is 46.9 Å². The summed E-state index contributed by atoms with van der Waals surface area (Å²) in [5.41, 5.74) is 0.603. The Balaban J connectivity index is 1.53. The molecular formula is C16H16N2O5S. The van der Waals surface area contributed by atoms with Crippen LogP contribution in [-0.2, 0) is 0 Å². The van der Waals surface area contributed by atoms with Gasteiger partial charge in [-0.1, -0.05) is 0 Å². The van der Waals surface area contributed by atoms with Crippen molar-refractivity contribution in [1.82, 2.24) is 10.2 Å². The number of nitrogens with zero attached hydrogens (tertiary/aromatic N) is 1. The molecule has 7 nitrogen and oxygen atoms in total. The number of carbonyl (C=O) groups is 3. The summed E-state index contributed by atoms with van der Waals surface area (Å²) < 4.78 is 5.04.